The molecule has 2 aromatic carbocycles. The van der Waals surface area contributed by atoms with Crippen molar-refractivity contribution in [3.63, 3.8) is 0 Å². The molecule has 0 spiro atoms. The third-order valence-electron chi connectivity index (χ3n) is 5.11. The van der Waals surface area contributed by atoms with Crippen LogP contribution in [0.4, 0.5) is 14.7 Å². The van der Waals surface area contributed by atoms with Crippen molar-refractivity contribution in [2.24, 2.45) is 0 Å². The molecule has 2 heterocycles. The number of benzene rings is 2. The second-order valence-electron chi connectivity index (χ2n) is 7.64. The predicted octanol–water partition coefficient (Wildman–Crippen LogP) is 3.39. The van der Waals surface area contributed by atoms with Gasteiger partial charge in [-0.1, -0.05) is 24.3 Å². The van der Waals surface area contributed by atoms with Crippen molar-refractivity contribution in [3.8, 4) is 0 Å². The molecule has 0 saturated heterocycles. The zero-order valence-electron chi connectivity index (χ0n) is 18.8. The van der Waals surface area contributed by atoms with Crippen molar-refractivity contribution in [1.29, 1.82) is 0 Å². The number of aromatic nitrogens is 4. The summed E-state index contributed by atoms with van der Waals surface area (Å²) >= 11 is 0. The molecule has 0 aliphatic rings. The van der Waals surface area contributed by atoms with E-state index in [4.69, 9.17) is 0 Å². The van der Waals surface area contributed by atoms with E-state index in [1.54, 1.807) is 12.3 Å². The van der Waals surface area contributed by atoms with Gasteiger partial charge >= 0.3 is 0 Å². The van der Waals surface area contributed by atoms with Gasteiger partial charge in [0.1, 0.15) is 5.56 Å². The molecule has 0 radical (unpaired) electrons. The first-order chi connectivity index (χ1) is 16.9. The summed E-state index contributed by atoms with van der Waals surface area (Å²) < 4.78 is 27.7. The van der Waals surface area contributed by atoms with Crippen molar-refractivity contribution >= 4 is 28.8 Å². The summed E-state index contributed by atoms with van der Waals surface area (Å²) in [4.78, 5) is 37.8. The molecule has 0 bridgehead atoms. The van der Waals surface area contributed by atoms with Crippen molar-refractivity contribution in [1.82, 2.24) is 24.8 Å². The molecule has 1 amide bonds. The maximum atomic E-state index is 13.4. The lowest BCUT2D eigenvalue weighted by molar-refractivity contribution is 0.0955. The number of carbonyl (C=O) groups excluding carboxylic acids is 1. The van der Waals surface area contributed by atoms with Crippen LogP contribution in [-0.2, 0) is 6.54 Å². The third kappa shape index (κ3) is 5.72. The average Bonchev–Trinajstić information content (AvgIpc) is 2.85. The first kappa shape index (κ1) is 23.7. The Balaban J connectivity index is 1.39. The van der Waals surface area contributed by atoms with E-state index in [1.807, 2.05) is 31.2 Å². The quantitative estimate of drug-likeness (QED) is 0.404. The molecule has 2 N–H and O–H groups in total. The fourth-order valence-electron chi connectivity index (χ4n) is 3.39. The number of halogens is 2. The fraction of sp³-hybridized carbons (Fsp3) is 0.160. The van der Waals surface area contributed by atoms with Gasteiger partial charge in [-0.2, -0.15) is 0 Å². The van der Waals surface area contributed by atoms with E-state index in [9.17, 15) is 18.4 Å². The van der Waals surface area contributed by atoms with Crippen molar-refractivity contribution in [3.05, 3.63) is 99.9 Å². The van der Waals surface area contributed by atoms with Crippen molar-refractivity contribution < 1.29 is 13.6 Å². The molecule has 35 heavy (non-hydrogen) atoms. The number of carbonyl (C=O) groups is 1. The Morgan fingerprint density at radius 2 is 1.97 bits per heavy atom. The van der Waals surface area contributed by atoms with Crippen molar-refractivity contribution in [2.45, 2.75) is 13.5 Å². The Morgan fingerprint density at radius 1 is 1.11 bits per heavy atom. The SMILES string of the molecule is CCNc1ncc2cc(C=CCNC(=O)c3cncn(Cc4ccc(F)c(F)c4)c3=O)ccc2n1. The number of nitrogens with one attached hydrogen (secondary N) is 2. The van der Waals surface area contributed by atoms with Gasteiger partial charge in [-0.05, 0) is 42.3 Å². The van der Waals surface area contributed by atoms with Crippen LogP contribution in [0.3, 0.4) is 0 Å². The van der Waals surface area contributed by atoms with Crippen molar-refractivity contribution in [2.75, 3.05) is 18.4 Å². The van der Waals surface area contributed by atoms with Gasteiger partial charge in [0.25, 0.3) is 11.5 Å². The molecule has 0 aliphatic carbocycles. The van der Waals surface area contributed by atoms with Gasteiger partial charge in [-0.25, -0.2) is 23.7 Å². The second kappa shape index (κ2) is 10.6. The number of anilines is 1. The van der Waals surface area contributed by atoms with Gasteiger partial charge in [-0.3, -0.25) is 14.2 Å². The highest BCUT2D eigenvalue weighted by atomic mass is 19.2. The summed E-state index contributed by atoms with van der Waals surface area (Å²) in [6, 6.07) is 9.07. The molecule has 178 valence electrons. The number of fused-ring (bicyclic) bond motifs is 1. The summed E-state index contributed by atoms with van der Waals surface area (Å²) in [7, 11) is 0. The van der Waals surface area contributed by atoms with Gasteiger partial charge in [-0.15, -0.1) is 0 Å². The average molecular weight is 476 g/mol. The maximum Gasteiger partial charge on any atom is 0.266 e. The van der Waals surface area contributed by atoms with Gasteiger partial charge in [0.15, 0.2) is 11.6 Å². The largest absolute Gasteiger partial charge is 0.354 e. The Labute approximate surface area is 199 Å². The molecule has 0 aliphatic heterocycles. The van der Waals surface area contributed by atoms with E-state index in [1.165, 1.54) is 18.6 Å². The smallest absolute Gasteiger partial charge is 0.266 e. The van der Waals surface area contributed by atoms with E-state index >= 15 is 0 Å². The Morgan fingerprint density at radius 3 is 2.77 bits per heavy atom. The lowest BCUT2D eigenvalue weighted by atomic mass is 10.1. The first-order valence-electron chi connectivity index (χ1n) is 10.9. The molecular formula is C25H22F2N6O2. The Bertz CT molecular complexity index is 1470. The molecule has 4 rings (SSSR count). The lowest BCUT2D eigenvalue weighted by Crippen LogP contribution is -2.33. The van der Waals surface area contributed by atoms with E-state index in [2.05, 4.69) is 25.6 Å². The summed E-state index contributed by atoms with van der Waals surface area (Å²) in [5.41, 5.74) is 1.35. The summed E-state index contributed by atoms with van der Waals surface area (Å²) in [6.07, 6.45) is 7.75. The van der Waals surface area contributed by atoms with E-state index in [-0.39, 0.29) is 18.7 Å². The minimum absolute atomic E-state index is 0.0499. The van der Waals surface area contributed by atoms with Crippen LogP contribution in [0, 0.1) is 11.6 Å². The minimum atomic E-state index is -1.01. The van der Waals surface area contributed by atoms with Crippen LogP contribution in [0.1, 0.15) is 28.4 Å². The number of rotatable bonds is 8. The molecule has 0 unspecified atom stereocenters. The van der Waals surface area contributed by atoms with Crippen LogP contribution < -0.4 is 16.2 Å². The van der Waals surface area contributed by atoms with E-state index in [0.717, 1.165) is 39.7 Å². The molecule has 0 atom stereocenters. The van der Waals surface area contributed by atoms with Crippen LogP contribution in [0.15, 0.2) is 66.0 Å². The fourth-order valence-corrected chi connectivity index (χ4v) is 3.39. The molecule has 2 aromatic heterocycles. The first-order valence-corrected chi connectivity index (χ1v) is 10.9. The number of hydrogen-bond acceptors (Lipinski definition) is 6. The van der Waals surface area contributed by atoms with Gasteiger partial charge in [0, 0.05) is 30.9 Å². The zero-order chi connectivity index (χ0) is 24.8. The van der Waals surface area contributed by atoms with Crippen LogP contribution in [0.5, 0.6) is 0 Å². The topological polar surface area (TPSA) is 102 Å². The maximum absolute atomic E-state index is 13.4. The van der Waals surface area contributed by atoms with E-state index < -0.39 is 23.1 Å². The van der Waals surface area contributed by atoms with Crippen LogP contribution in [-0.4, -0.2) is 38.5 Å². The molecule has 4 aromatic rings. The van der Waals surface area contributed by atoms with Gasteiger partial charge in [0.05, 0.1) is 18.4 Å². The third-order valence-corrected chi connectivity index (χ3v) is 5.11. The Hall–Kier alpha value is -4.47. The predicted molar refractivity (Wildman–Crippen MR) is 129 cm³/mol. The highest BCUT2D eigenvalue weighted by molar-refractivity contribution is 5.93. The number of hydrogen-bond donors (Lipinski definition) is 2. The second-order valence-corrected chi connectivity index (χ2v) is 7.64. The number of nitrogens with zero attached hydrogens (tertiary/aromatic N) is 4. The zero-order valence-corrected chi connectivity index (χ0v) is 18.8. The van der Waals surface area contributed by atoms with Crippen LogP contribution in [0.2, 0.25) is 0 Å². The summed E-state index contributed by atoms with van der Waals surface area (Å²) in [6.45, 7) is 2.84. The monoisotopic (exact) mass is 476 g/mol. The molecular weight excluding hydrogens is 454 g/mol. The van der Waals surface area contributed by atoms with Gasteiger partial charge in [0.2, 0.25) is 5.95 Å². The highest BCUT2D eigenvalue weighted by Crippen LogP contribution is 2.16. The van der Waals surface area contributed by atoms with Crippen LogP contribution in [0.25, 0.3) is 17.0 Å². The molecule has 8 nitrogen and oxygen atoms in total. The van der Waals surface area contributed by atoms with E-state index in [0.29, 0.717) is 11.5 Å². The molecule has 0 saturated carbocycles. The lowest BCUT2D eigenvalue weighted by Gasteiger charge is -2.08. The summed E-state index contributed by atoms with van der Waals surface area (Å²) in [5, 5.41) is 6.61. The van der Waals surface area contributed by atoms with Crippen LogP contribution >= 0.6 is 0 Å². The van der Waals surface area contributed by atoms with Gasteiger partial charge < -0.3 is 10.6 Å². The highest BCUT2D eigenvalue weighted by Gasteiger charge is 2.13. The normalized spacial score (nSPS) is 11.2. The Kier molecular flexibility index (Phi) is 7.20. The minimum Gasteiger partial charge on any atom is -0.354 e. The molecule has 10 heteroatoms. The summed E-state index contributed by atoms with van der Waals surface area (Å²) in [5.74, 6) is -2.00. The number of amides is 1. The standard InChI is InChI=1S/C25H22F2N6O2/c1-2-29-25-31-12-18-10-16(6-8-22(18)32-25)4-3-9-30-23(34)19-13-28-15-33(24(19)35)14-17-5-7-20(26)21(27)11-17/h3-8,10-13,15H,2,9,14H2,1H3,(H,30,34)(H,29,31,32). The molecule has 0 fully saturated rings.